The van der Waals surface area contributed by atoms with Crippen LogP contribution < -0.4 is 15.0 Å². The Balaban J connectivity index is 1.99. The van der Waals surface area contributed by atoms with Crippen molar-refractivity contribution in [1.82, 2.24) is 4.57 Å². The number of hydrogen-bond donors (Lipinski definition) is 1. The molecule has 6 heteroatoms. The summed E-state index contributed by atoms with van der Waals surface area (Å²) in [5.74, 6) is 0.878. The molecule has 1 saturated carbocycles. The van der Waals surface area contributed by atoms with Gasteiger partial charge in [-0.3, -0.25) is 9.79 Å². The van der Waals surface area contributed by atoms with Crippen molar-refractivity contribution in [2.75, 3.05) is 14.2 Å². The van der Waals surface area contributed by atoms with Crippen molar-refractivity contribution < 1.29 is 14.6 Å². The standard InChI is InChI=1S/C21H20N2O4/c1-26-18-10-9-14(11-19(18)27-2)23-20(24)16-6-4-3-5-15(16)17(21(23)25)12-22-13-7-8-13/h3-6,9-13,25H,7-8H2,1-2H3. The zero-order valence-corrected chi connectivity index (χ0v) is 15.2. The van der Waals surface area contributed by atoms with E-state index in [0.717, 1.165) is 12.8 Å². The molecule has 0 radical (unpaired) electrons. The molecule has 0 spiro atoms. The Kier molecular flexibility index (Phi) is 4.32. The fourth-order valence-electron chi connectivity index (χ4n) is 3.10. The lowest BCUT2D eigenvalue weighted by Gasteiger charge is -2.15. The first kappa shape index (κ1) is 17.1. The van der Waals surface area contributed by atoms with Crippen LogP contribution in [0.15, 0.2) is 52.3 Å². The topological polar surface area (TPSA) is 73.0 Å². The molecule has 0 unspecified atom stereocenters. The van der Waals surface area contributed by atoms with Crippen LogP contribution in [-0.2, 0) is 0 Å². The summed E-state index contributed by atoms with van der Waals surface area (Å²) in [7, 11) is 3.07. The molecule has 1 aliphatic rings. The van der Waals surface area contributed by atoms with Crippen molar-refractivity contribution in [3.63, 3.8) is 0 Å². The number of aromatic hydroxyl groups is 1. The van der Waals surface area contributed by atoms with Gasteiger partial charge in [0.25, 0.3) is 5.56 Å². The van der Waals surface area contributed by atoms with Crippen molar-refractivity contribution in [3.05, 3.63) is 58.4 Å². The first-order valence-corrected chi connectivity index (χ1v) is 8.76. The van der Waals surface area contributed by atoms with Crippen LogP contribution in [0.3, 0.4) is 0 Å². The number of aliphatic imine (C=N–C) groups is 1. The average Bonchev–Trinajstić information content (AvgIpc) is 3.52. The molecule has 1 aromatic heterocycles. The van der Waals surface area contributed by atoms with Crippen molar-refractivity contribution in [2.24, 2.45) is 4.99 Å². The fraction of sp³-hybridized carbons (Fsp3) is 0.238. The van der Waals surface area contributed by atoms with Gasteiger partial charge in [0.15, 0.2) is 11.5 Å². The molecule has 6 nitrogen and oxygen atoms in total. The van der Waals surface area contributed by atoms with Crippen LogP contribution in [0.4, 0.5) is 0 Å². The monoisotopic (exact) mass is 364 g/mol. The number of aromatic nitrogens is 1. The smallest absolute Gasteiger partial charge is 0.265 e. The molecule has 1 fully saturated rings. The van der Waals surface area contributed by atoms with Crippen molar-refractivity contribution in [1.29, 1.82) is 0 Å². The largest absolute Gasteiger partial charge is 0.494 e. The number of pyridine rings is 1. The minimum absolute atomic E-state index is 0.143. The van der Waals surface area contributed by atoms with Gasteiger partial charge in [0.1, 0.15) is 0 Å². The molecule has 0 aliphatic heterocycles. The molecule has 3 aromatic rings. The van der Waals surface area contributed by atoms with Gasteiger partial charge in [-0.25, -0.2) is 4.57 Å². The SMILES string of the molecule is COc1ccc(-n2c(O)c(C=NC3CC3)c3ccccc3c2=O)cc1OC. The van der Waals surface area contributed by atoms with Crippen LogP contribution >= 0.6 is 0 Å². The third kappa shape index (κ3) is 3.03. The summed E-state index contributed by atoms with van der Waals surface area (Å²) >= 11 is 0. The van der Waals surface area contributed by atoms with E-state index in [2.05, 4.69) is 4.99 Å². The lowest BCUT2D eigenvalue weighted by atomic mass is 10.1. The Bertz CT molecular complexity index is 1100. The summed E-state index contributed by atoms with van der Waals surface area (Å²) in [6.45, 7) is 0. The van der Waals surface area contributed by atoms with E-state index in [1.54, 1.807) is 37.6 Å². The summed E-state index contributed by atoms with van der Waals surface area (Å²) in [6, 6.07) is 12.6. The molecule has 2 aromatic carbocycles. The van der Waals surface area contributed by atoms with Gasteiger partial charge < -0.3 is 14.6 Å². The van der Waals surface area contributed by atoms with Gasteiger partial charge in [-0.2, -0.15) is 0 Å². The molecule has 1 aliphatic carbocycles. The van der Waals surface area contributed by atoms with E-state index in [4.69, 9.17) is 9.47 Å². The molecule has 0 atom stereocenters. The lowest BCUT2D eigenvalue weighted by molar-refractivity contribution is 0.354. The van der Waals surface area contributed by atoms with Gasteiger partial charge in [-0.05, 0) is 31.0 Å². The van der Waals surface area contributed by atoms with Gasteiger partial charge in [0, 0.05) is 23.1 Å². The first-order chi connectivity index (χ1) is 13.1. The van der Waals surface area contributed by atoms with E-state index in [9.17, 15) is 9.90 Å². The maximum atomic E-state index is 13.1. The average molecular weight is 364 g/mol. The summed E-state index contributed by atoms with van der Waals surface area (Å²) in [4.78, 5) is 17.6. The van der Waals surface area contributed by atoms with E-state index >= 15 is 0 Å². The molecule has 4 rings (SSSR count). The van der Waals surface area contributed by atoms with E-state index in [1.165, 1.54) is 11.7 Å². The Morgan fingerprint density at radius 3 is 2.44 bits per heavy atom. The molecule has 1 N–H and O–H groups in total. The predicted molar refractivity (Wildman–Crippen MR) is 105 cm³/mol. The fourth-order valence-corrected chi connectivity index (χ4v) is 3.10. The van der Waals surface area contributed by atoms with Gasteiger partial charge >= 0.3 is 0 Å². The Labute approximate surface area is 156 Å². The minimum Gasteiger partial charge on any atom is -0.494 e. The van der Waals surface area contributed by atoms with Crippen LogP contribution in [0.25, 0.3) is 16.5 Å². The number of methoxy groups -OCH3 is 2. The number of hydrogen-bond acceptors (Lipinski definition) is 5. The summed E-state index contributed by atoms with van der Waals surface area (Å²) < 4.78 is 11.9. The summed E-state index contributed by atoms with van der Waals surface area (Å²) in [6.07, 6.45) is 3.79. The van der Waals surface area contributed by atoms with Gasteiger partial charge in [0.05, 0.1) is 31.5 Å². The molecular formula is C21H20N2O4. The van der Waals surface area contributed by atoms with Gasteiger partial charge in [0.2, 0.25) is 5.88 Å². The molecule has 0 amide bonds. The molecule has 0 bridgehead atoms. The zero-order chi connectivity index (χ0) is 19.0. The van der Waals surface area contributed by atoms with Crippen LogP contribution in [0.1, 0.15) is 18.4 Å². The van der Waals surface area contributed by atoms with Crippen LogP contribution in [0.2, 0.25) is 0 Å². The van der Waals surface area contributed by atoms with E-state index in [1.807, 2.05) is 18.2 Å². The second-order valence-corrected chi connectivity index (χ2v) is 6.47. The van der Waals surface area contributed by atoms with Crippen molar-refractivity contribution >= 4 is 17.0 Å². The normalized spacial score (nSPS) is 14.0. The minimum atomic E-state index is -0.307. The third-order valence-electron chi connectivity index (χ3n) is 4.69. The highest BCUT2D eigenvalue weighted by molar-refractivity contribution is 6.01. The maximum absolute atomic E-state index is 13.1. The van der Waals surface area contributed by atoms with E-state index in [0.29, 0.717) is 39.6 Å². The number of rotatable bonds is 5. The van der Waals surface area contributed by atoms with E-state index < -0.39 is 0 Å². The Morgan fingerprint density at radius 1 is 1.07 bits per heavy atom. The Hall–Kier alpha value is -3.28. The van der Waals surface area contributed by atoms with Crippen LogP contribution in [0, 0.1) is 0 Å². The third-order valence-corrected chi connectivity index (χ3v) is 4.69. The van der Waals surface area contributed by atoms with Crippen LogP contribution in [0.5, 0.6) is 17.4 Å². The lowest BCUT2D eigenvalue weighted by Crippen LogP contribution is -2.20. The highest BCUT2D eigenvalue weighted by Crippen LogP contribution is 2.32. The van der Waals surface area contributed by atoms with Gasteiger partial charge in [-0.15, -0.1) is 0 Å². The molecular weight excluding hydrogens is 344 g/mol. The molecule has 138 valence electrons. The number of nitrogens with zero attached hydrogens (tertiary/aromatic N) is 2. The second-order valence-electron chi connectivity index (χ2n) is 6.47. The quantitative estimate of drug-likeness (QED) is 0.705. The highest BCUT2D eigenvalue weighted by atomic mass is 16.5. The summed E-state index contributed by atoms with van der Waals surface area (Å²) in [5.41, 5.74) is 0.716. The number of ether oxygens (including phenoxy) is 2. The summed E-state index contributed by atoms with van der Waals surface area (Å²) in [5, 5.41) is 12.1. The zero-order valence-electron chi connectivity index (χ0n) is 15.2. The highest BCUT2D eigenvalue weighted by Gasteiger charge is 2.21. The van der Waals surface area contributed by atoms with Crippen molar-refractivity contribution in [3.8, 4) is 23.1 Å². The number of benzene rings is 2. The Morgan fingerprint density at radius 2 is 1.78 bits per heavy atom. The predicted octanol–water partition coefficient (Wildman–Crippen LogP) is 3.29. The number of fused-ring (bicyclic) bond motifs is 1. The first-order valence-electron chi connectivity index (χ1n) is 8.76. The van der Waals surface area contributed by atoms with Crippen LogP contribution in [-0.4, -0.2) is 36.1 Å². The maximum Gasteiger partial charge on any atom is 0.265 e. The second kappa shape index (κ2) is 6.79. The molecule has 0 saturated heterocycles. The molecule has 1 heterocycles. The van der Waals surface area contributed by atoms with Gasteiger partial charge in [-0.1, -0.05) is 18.2 Å². The van der Waals surface area contributed by atoms with E-state index in [-0.39, 0.29) is 11.4 Å². The van der Waals surface area contributed by atoms with Crippen molar-refractivity contribution in [2.45, 2.75) is 18.9 Å². The molecule has 27 heavy (non-hydrogen) atoms.